The van der Waals surface area contributed by atoms with E-state index in [9.17, 15) is 22.8 Å². The van der Waals surface area contributed by atoms with Gasteiger partial charge >= 0.3 is 12.1 Å². The number of ether oxygens (including phenoxy) is 1. The van der Waals surface area contributed by atoms with Crippen LogP contribution in [0, 0.1) is 0 Å². The van der Waals surface area contributed by atoms with Crippen molar-refractivity contribution >= 4 is 11.9 Å². The largest absolute Gasteiger partial charge is 0.465 e. The molecule has 0 N–H and O–H groups in total. The second-order valence-electron chi connectivity index (χ2n) is 4.58. The van der Waals surface area contributed by atoms with Gasteiger partial charge in [-0.2, -0.15) is 13.2 Å². The number of hydrogen-bond acceptors (Lipinski definition) is 3. The summed E-state index contributed by atoms with van der Waals surface area (Å²) in [7, 11) is 0. The summed E-state index contributed by atoms with van der Waals surface area (Å²) < 4.78 is 42.1. The van der Waals surface area contributed by atoms with Gasteiger partial charge in [0, 0.05) is 6.54 Å². The average Bonchev–Trinajstić information content (AvgIpc) is 2.44. The van der Waals surface area contributed by atoms with Gasteiger partial charge in [0.2, 0.25) is 5.91 Å². The van der Waals surface area contributed by atoms with E-state index in [4.69, 9.17) is 4.74 Å². The molecular weight excluding hydrogens is 299 g/mol. The molecule has 0 spiro atoms. The van der Waals surface area contributed by atoms with Gasteiger partial charge < -0.3 is 9.64 Å². The summed E-state index contributed by atoms with van der Waals surface area (Å²) in [5, 5.41) is 0. The Balaban J connectivity index is 2.68. The lowest BCUT2D eigenvalue weighted by Gasteiger charge is -2.19. The van der Waals surface area contributed by atoms with E-state index in [1.807, 2.05) is 0 Å². The van der Waals surface area contributed by atoms with Crippen LogP contribution in [0.15, 0.2) is 24.3 Å². The predicted octanol–water partition coefficient (Wildman–Crippen LogP) is 2.66. The predicted molar refractivity (Wildman–Crippen MR) is 74.0 cm³/mol. The van der Waals surface area contributed by atoms with Crippen molar-refractivity contribution in [3.63, 3.8) is 0 Å². The van der Waals surface area contributed by atoms with E-state index < -0.39 is 17.7 Å². The highest BCUT2D eigenvalue weighted by atomic mass is 19.4. The van der Waals surface area contributed by atoms with Crippen LogP contribution in [0.25, 0.3) is 0 Å². The maximum Gasteiger partial charge on any atom is 0.416 e. The second kappa shape index (κ2) is 7.82. The molecule has 7 heteroatoms. The summed E-state index contributed by atoms with van der Waals surface area (Å²) in [6.45, 7) is 3.76. The fourth-order valence-corrected chi connectivity index (χ4v) is 1.84. The molecule has 0 heterocycles. The lowest BCUT2D eigenvalue weighted by atomic mass is 10.1. The molecule has 22 heavy (non-hydrogen) atoms. The third-order valence-electron chi connectivity index (χ3n) is 3.00. The van der Waals surface area contributed by atoms with Gasteiger partial charge in [0.05, 0.1) is 18.6 Å². The lowest BCUT2D eigenvalue weighted by Crippen LogP contribution is -2.37. The van der Waals surface area contributed by atoms with Crippen LogP contribution in [0.1, 0.15) is 25.0 Å². The van der Waals surface area contributed by atoms with E-state index in [1.54, 1.807) is 13.8 Å². The van der Waals surface area contributed by atoms with Gasteiger partial charge in [-0.05, 0) is 31.5 Å². The first-order valence-corrected chi connectivity index (χ1v) is 6.87. The second-order valence-corrected chi connectivity index (χ2v) is 4.58. The molecule has 0 atom stereocenters. The van der Waals surface area contributed by atoms with Crippen molar-refractivity contribution in [2.45, 2.75) is 26.4 Å². The molecule has 0 radical (unpaired) electrons. The average molecular weight is 317 g/mol. The highest BCUT2D eigenvalue weighted by molar-refractivity contribution is 5.83. The molecule has 0 aromatic heterocycles. The van der Waals surface area contributed by atoms with Crippen molar-refractivity contribution in [3.05, 3.63) is 35.4 Å². The zero-order chi connectivity index (χ0) is 16.8. The summed E-state index contributed by atoms with van der Waals surface area (Å²) in [5.74, 6) is -0.847. The Kier molecular flexibility index (Phi) is 6.39. The molecule has 0 bridgehead atoms. The molecule has 1 aromatic rings. The Morgan fingerprint density at radius 3 is 2.18 bits per heavy atom. The molecule has 122 valence electrons. The Morgan fingerprint density at radius 2 is 1.73 bits per heavy atom. The van der Waals surface area contributed by atoms with Crippen LogP contribution >= 0.6 is 0 Å². The first-order chi connectivity index (χ1) is 10.3. The summed E-state index contributed by atoms with van der Waals surface area (Å²) >= 11 is 0. The highest BCUT2D eigenvalue weighted by Crippen LogP contribution is 2.29. The first kappa shape index (κ1) is 18.0. The van der Waals surface area contributed by atoms with E-state index >= 15 is 0 Å². The Bertz CT molecular complexity index is 512. The van der Waals surface area contributed by atoms with Crippen LogP contribution in [-0.4, -0.2) is 36.5 Å². The van der Waals surface area contributed by atoms with Gasteiger partial charge in [-0.1, -0.05) is 12.1 Å². The van der Waals surface area contributed by atoms with Crippen LogP contribution in [0.4, 0.5) is 13.2 Å². The van der Waals surface area contributed by atoms with Crippen molar-refractivity contribution in [2.75, 3.05) is 19.7 Å². The Labute approximate surface area is 126 Å². The molecule has 0 unspecified atom stereocenters. The lowest BCUT2D eigenvalue weighted by molar-refractivity contribution is -0.148. The number of nitrogens with zero attached hydrogens (tertiary/aromatic N) is 1. The summed E-state index contributed by atoms with van der Waals surface area (Å²) in [6.07, 6.45) is -4.46. The van der Waals surface area contributed by atoms with Gasteiger partial charge in [0.1, 0.15) is 6.54 Å². The number of hydrogen-bond donors (Lipinski definition) is 0. The molecular formula is C15H18F3NO3. The number of amides is 1. The van der Waals surface area contributed by atoms with Crippen molar-refractivity contribution in [2.24, 2.45) is 0 Å². The number of alkyl halides is 3. The smallest absolute Gasteiger partial charge is 0.416 e. The maximum absolute atomic E-state index is 12.5. The van der Waals surface area contributed by atoms with Crippen molar-refractivity contribution < 1.29 is 27.5 Å². The van der Waals surface area contributed by atoms with Crippen LogP contribution < -0.4 is 0 Å². The minimum absolute atomic E-state index is 0.0641. The van der Waals surface area contributed by atoms with Crippen molar-refractivity contribution in [3.8, 4) is 0 Å². The Morgan fingerprint density at radius 1 is 1.14 bits per heavy atom. The quantitative estimate of drug-likeness (QED) is 0.758. The fraction of sp³-hybridized carbons (Fsp3) is 0.467. The number of halogens is 3. The van der Waals surface area contributed by atoms with Crippen LogP contribution in [-0.2, 0) is 26.9 Å². The molecule has 1 rings (SSSR count). The van der Waals surface area contributed by atoms with Gasteiger partial charge in [0.25, 0.3) is 0 Å². The topological polar surface area (TPSA) is 46.6 Å². The monoisotopic (exact) mass is 317 g/mol. The zero-order valence-electron chi connectivity index (χ0n) is 12.4. The summed E-state index contributed by atoms with van der Waals surface area (Å²) in [6, 6.07) is 4.40. The Hall–Kier alpha value is -2.05. The minimum Gasteiger partial charge on any atom is -0.465 e. The molecule has 4 nitrogen and oxygen atoms in total. The molecule has 0 saturated heterocycles. The SMILES string of the molecule is CCOC(=O)CN(CC)C(=O)Cc1ccc(C(F)(F)F)cc1. The van der Waals surface area contributed by atoms with Crippen molar-refractivity contribution in [1.82, 2.24) is 4.90 Å². The first-order valence-electron chi connectivity index (χ1n) is 6.87. The van der Waals surface area contributed by atoms with Crippen LogP contribution in [0.5, 0.6) is 0 Å². The van der Waals surface area contributed by atoms with E-state index in [2.05, 4.69) is 0 Å². The molecule has 0 aliphatic heterocycles. The third kappa shape index (κ3) is 5.38. The van der Waals surface area contributed by atoms with E-state index in [-0.39, 0.29) is 25.5 Å². The molecule has 0 fully saturated rings. The van der Waals surface area contributed by atoms with Crippen molar-refractivity contribution in [1.29, 1.82) is 0 Å². The normalized spacial score (nSPS) is 11.1. The maximum atomic E-state index is 12.5. The minimum atomic E-state index is -4.40. The molecule has 0 aliphatic rings. The number of carbonyl (C=O) groups is 2. The van der Waals surface area contributed by atoms with Gasteiger partial charge in [-0.3, -0.25) is 9.59 Å². The highest BCUT2D eigenvalue weighted by Gasteiger charge is 2.30. The third-order valence-corrected chi connectivity index (χ3v) is 3.00. The molecule has 0 saturated carbocycles. The molecule has 1 amide bonds. The van der Waals surface area contributed by atoms with Gasteiger partial charge in [-0.25, -0.2) is 0 Å². The van der Waals surface area contributed by atoms with Crippen LogP contribution in [0.3, 0.4) is 0 Å². The van der Waals surface area contributed by atoms with E-state index in [1.165, 1.54) is 17.0 Å². The fourth-order valence-electron chi connectivity index (χ4n) is 1.84. The summed E-state index contributed by atoms with van der Waals surface area (Å²) in [5.41, 5.74) is -0.303. The summed E-state index contributed by atoms with van der Waals surface area (Å²) in [4.78, 5) is 24.7. The van der Waals surface area contributed by atoms with E-state index in [0.717, 1.165) is 12.1 Å². The molecule has 1 aromatic carbocycles. The number of likely N-dealkylation sites (N-methyl/N-ethyl adjacent to an activating group) is 1. The number of rotatable bonds is 6. The van der Waals surface area contributed by atoms with E-state index in [0.29, 0.717) is 12.1 Å². The molecule has 0 aliphatic carbocycles. The standard InChI is InChI=1S/C15H18F3NO3/c1-3-19(10-14(21)22-4-2)13(20)9-11-5-7-12(8-6-11)15(16,17)18/h5-8H,3-4,9-10H2,1-2H3. The number of esters is 1. The van der Waals surface area contributed by atoms with Gasteiger partial charge in [-0.15, -0.1) is 0 Å². The van der Waals surface area contributed by atoms with Gasteiger partial charge in [0.15, 0.2) is 0 Å². The number of carbonyl (C=O) groups excluding carboxylic acids is 2. The zero-order valence-corrected chi connectivity index (χ0v) is 12.4. The van der Waals surface area contributed by atoms with Crippen LogP contribution in [0.2, 0.25) is 0 Å². The number of benzene rings is 1.